The molecule has 0 aliphatic carbocycles. The van der Waals surface area contributed by atoms with Gasteiger partial charge in [0, 0.05) is 10.7 Å². The molecule has 68 valence electrons. The molecule has 0 aliphatic heterocycles. The summed E-state index contributed by atoms with van der Waals surface area (Å²) in [5.74, 6) is 0. The number of halogens is 1. The first-order valence-electron chi connectivity index (χ1n) is 3.62. The van der Waals surface area contributed by atoms with Crippen molar-refractivity contribution in [3.63, 3.8) is 0 Å². The average molecular weight is 213 g/mol. The standard InChI is InChI=1S/C9H9ClN2S/c10-7-3-1-6(2-4-7)8(11)5-9(12)13/h1-5H,11H2,(H2,12,13)/b8-5+. The van der Waals surface area contributed by atoms with Gasteiger partial charge in [-0.3, -0.25) is 0 Å². The van der Waals surface area contributed by atoms with Gasteiger partial charge in [0.1, 0.15) is 0 Å². The van der Waals surface area contributed by atoms with E-state index in [9.17, 15) is 0 Å². The Morgan fingerprint density at radius 3 is 2.23 bits per heavy atom. The predicted octanol–water partition coefficient (Wildman–Crippen LogP) is 1.93. The van der Waals surface area contributed by atoms with Crippen LogP contribution in [0.15, 0.2) is 30.3 Å². The summed E-state index contributed by atoms with van der Waals surface area (Å²) in [5.41, 5.74) is 12.4. The first-order valence-corrected chi connectivity index (χ1v) is 4.41. The van der Waals surface area contributed by atoms with Crippen molar-refractivity contribution in [2.24, 2.45) is 11.5 Å². The van der Waals surface area contributed by atoms with Crippen LogP contribution in [0.5, 0.6) is 0 Å². The van der Waals surface area contributed by atoms with Gasteiger partial charge in [-0.15, -0.1) is 0 Å². The Kier molecular flexibility index (Phi) is 3.28. The Morgan fingerprint density at radius 1 is 1.23 bits per heavy atom. The highest BCUT2D eigenvalue weighted by atomic mass is 35.5. The summed E-state index contributed by atoms with van der Waals surface area (Å²) in [6, 6.07) is 7.15. The van der Waals surface area contributed by atoms with Crippen molar-refractivity contribution in [3.05, 3.63) is 40.9 Å². The molecule has 0 amide bonds. The summed E-state index contributed by atoms with van der Waals surface area (Å²) < 4.78 is 0. The van der Waals surface area contributed by atoms with E-state index >= 15 is 0 Å². The van der Waals surface area contributed by atoms with Gasteiger partial charge >= 0.3 is 0 Å². The molecule has 0 saturated heterocycles. The van der Waals surface area contributed by atoms with Crippen LogP contribution in [0.1, 0.15) is 5.56 Å². The lowest BCUT2D eigenvalue weighted by Crippen LogP contribution is -2.07. The minimum atomic E-state index is 0.271. The number of rotatable bonds is 2. The maximum absolute atomic E-state index is 5.71. The van der Waals surface area contributed by atoms with E-state index in [2.05, 4.69) is 0 Å². The highest BCUT2D eigenvalue weighted by Crippen LogP contribution is 2.13. The molecule has 0 bridgehead atoms. The lowest BCUT2D eigenvalue weighted by atomic mass is 10.1. The van der Waals surface area contributed by atoms with Gasteiger partial charge in [-0.1, -0.05) is 36.0 Å². The summed E-state index contributed by atoms with van der Waals surface area (Å²) in [4.78, 5) is 0.271. The number of thiocarbonyl (C=S) groups is 1. The summed E-state index contributed by atoms with van der Waals surface area (Å²) in [6.07, 6.45) is 1.54. The van der Waals surface area contributed by atoms with Crippen molar-refractivity contribution in [2.45, 2.75) is 0 Å². The van der Waals surface area contributed by atoms with Crippen molar-refractivity contribution in [1.29, 1.82) is 0 Å². The van der Waals surface area contributed by atoms with E-state index in [4.69, 9.17) is 35.3 Å². The molecule has 0 fully saturated rings. The molecule has 1 rings (SSSR count). The zero-order chi connectivity index (χ0) is 9.84. The Balaban J connectivity index is 2.96. The van der Waals surface area contributed by atoms with Crippen molar-refractivity contribution in [1.82, 2.24) is 0 Å². The summed E-state index contributed by atoms with van der Waals surface area (Å²) in [5, 5.41) is 0.673. The highest BCUT2D eigenvalue weighted by molar-refractivity contribution is 7.80. The van der Waals surface area contributed by atoms with Crippen LogP contribution in [0, 0.1) is 0 Å². The van der Waals surface area contributed by atoms with Gasteiger partial charge in [0.15, 0.2) is 0 Å². The van der Waals surface area contributed by atoms with Crippen LogP contribution in [0.2, 0.25) is 5.02 Å². The number of benzene rings is 1. The second-order valence-electron chi connectivity index (χ2n) is 2.51. The normalized spacial score (nSPS) is 11.3. The van der Waals surface area contributed by atoms with Gasteiger partial charge in [-0.05, 0) is 23.8 Å². The molecule has 4 N–H and O–H groups in total. The number of nitrogens with two attached hydrogens (primary N) is 2. The Morgan fingerprint density at radius 2 is 1.77 bits per heavy atom. The summed E-state index contributed by atoms with van der Waals surface area (Å²) in [6.45, 7) is 0. The Labute approximate surface area is 87.2 Å². The van der Waals surface area contributed by atoms with E-state index in [1.54, 1.807) is 18.2 Å². The Hall–Kier alpha value is -1.06. The molecule has 0 aromatic heterocycles. The third-order valence-electron chi connectivity index (χ3n) is 1.48. The van der Waals surface area contributed by atoms with Gasteiger partial charge in [0.05, 0.1) is 4.99 Å². The molecule has 0 heterocycles. The molecule has 0 radical (unpaired) electrons. The van der Waals surface area contributed by atoms with Gasteiger partial charge in [-0.25, -0.2) is 0 Å². The first kappa shape index (κ1) is 10.0. The predicted molar refractivity (Wildman–Crippen MR) is 60.4 cm³/mol. The van der Waals surface area contributed by atoms with Crippen LogP contribution in [0.3, 0.4) is 0 Å². The van der Waals surface area contributed by atoms with Crippen molar-refractivity contribution >= 4 is 34.5 Å². The minimum Gasteiger partial charge on any atom is -0.398 e. The highest BCUT2D eigenvalue weighted by Gasteiger charge is 1.96. The number of hydrogen-bond donors (Lipinski definition) is 2. The van der Waals surface area contributed by atoms with E-state index < -0.39 is 0 Å². The molecule has 0 saturated carbocycles. The van der Waals surface area contributed by atoms with E-state index in [0.717, 1.165) is 5.56 Å². The molecule has 0 spiro atoms. The molecule has 13 heavy (non-hydrogen) atoms. The Bertz CT molecular complexity index is 343. The van der Waals surface area contributed by atoms with E-state index in [1.807, 2.05) is 12.1 Å². The molecular weight excluding hydrogens is 204 g/mol. The fraction of sp³-hybridized carbons (Fsp3) is 0. The average Bonchev–Trinajstić information content (AvgIpc) is 2.04. The molecule has 1 aromatic rings. The lowest BCUT2D eigenvalue weighted by Gasteiger charge is -2.00. The largest absolute Gasteiger partial charge is 0.398 e. The second-order valence-corrected chi connectivity index (χ2v) is 3.42. The molecule has 0 aliphatic rings. The maximum Gasteiger partial charge on any atom is 0.0982 e. The smallest absolute Gasteiger partial charge is 0.0982 e. The molecular formula is C9H9ClN2S. The van der Waals surface area contributed by atoms with Crippen LogP contribution in [-0.2, 0) is 0 Å². The monoisotopic (exact) mass is 212 g/mol. The van der Waals surface area contributed by atoms with E-state index in [0.29, 0.717) is 10.7 Å². The molecule has 4 heteroatoms. The van der Waals surface area contributed by atoms with Crippen LogP contribution < -0.4 is 11.5 Å². The van der Waals surface area contributed by atoms with Gasteiger partial charge in [-0.2, -0.15) is 0 Å². The molecule has 2 nitrogen and oxygen atoms in total. The van der Waals surface area contributed by atoms with Crippen molar-refractivity contribution in [3.8, 4) is 0 Å². The SMILES string of the molecule is NC(=S)/C=C(/N)c1ccc(Cl)cc1. The van der Waals surface area contributed by atoms with Crippen LogP contribution in [0.4, 0.5) is 0 Å². The third-order valence-corrected chi connectivity index (χ3v) is 1.85. The molecule has 0 unspecified atom stereocenters. The quantitative estimate of drug-likeness (QED) is 0.582. The summed E-state index contributed by atoms with van der Waals surface area (Å²) >= 11 is 10.4. The van der Waals surface area contributed by atoms with E-state index in [-0.39, 0.29) is 4.99 Å². The van der Waals surface area contributed by atoms with Gasteiger partial charge in [0.2, 0.25) is 0 Å². The molecule has 0 atom stereocenters. The minimum absolute atomic E-state index is 0.271. The zero-order valence-corrected chi connectivity index (χ0v) is 8.40. The maximum atomic E-state index is 5.71. The topological polar surface area (TPSA) is 52.0 Å². The summed E-state index contributed by atoms with van der Waals surface area (Å²) in [7, 11) is 0. The van der Waals surface area contributed by atoms with Crippen molar-refractivity contribution < 1.29 is 0 Å². The van der Waals surface area contributed by atoms with Crippen LogP contribution in [-0.4, -0.2) is 4.99 Å². The zero-order valence-electron chi connectivity index (χ0n) is 6.83. The van der Waals surface area contributed by atoms with Crippen LogP contribution in [0.25, 0.3) is 5.70 Å². The molecule has 1 aromatic carbocycles. The fourth-order valence-electron chi connectivity index (χ4n) is 0.879. The van der Waals surface area contributed by atoms with Crippen molar-refractivity contribution in [2.75, 3.05) is 0 Å². The van der Waals surface area contributed by atoms with Crippen LogP contribution >= 0.6 is 23.8 Å². The second kappa shape index (κ2) is 4.25. The van der Waals surface area contributed by atoms with Gasteiger partial charge < -0.3 is 11.5 Å². The lowest BCUT2D eigenvalue weighted by molar-refractivity contribution is 1.52. The fourth-order valence-corrected chi connectivity index (χ4v) is 1.13. The first-order chi connectivity index (χ1) is 6.09. The third kappa shape index (κ3) is 3.05. The van der Waals surface area contributed by atoms with E-state index in [1.165, 1.54) is 0 Å². The number of hydrogen-bond acceptors (Lipinski definition) is 2. The van der Waals surface area contributed by atoms with Gasteiger partial charge in [0.25, 0.3) is 0 Å².